The molecule has 1 N–H and O–H groups in total. The summed E-state index contributed by atoms with van der Waals surface area (Å²) in [6.07, 6.45) is 1.29. The quantitative estimate of drug-likeness (QED) is 0.655. The average Bonchev–Trinajstić information content (AvgIpc) is 2.45. The molecule has 0 saturated carbocycles. The molecule has 1 unspecified atom stereocenters. The molecule has 6 nitrogen and oxygen atoms in total. The van der Waals surface area contributed by atoms with Crippen molar-refractivity contribution in [2.45, 2.75) is 19.8 Å². The number of cyclic esters (lactones) is 1. The van der Waals surface area contributed by atoms with E-state index in [2.05, 4.69) is 0 Å². The van der Waals surface area contributed by atoms with Crippen LogP contribution < -0.4 is 4.74 Å². The van der Waals surface area contributed by atoms with Gasteiger partial charge >= 0.3 is 5.97 Å². The van der Waals surface area contributed by atoms with Crippen LogP contribution in [0.15, 0.2) is 30.0 Å². The maximum absolute atomic E-state index is 12.1. The van der Waals surface area contributed by atoms with Crippen molar-refractivity contribution in [3.05, 3.63) is 35.6 Å². The minimum absolute atomic E-state index is 0.0499. The van der Waals surface area contributed by atoms with E-state index < -0.39 is 23.5 Å². The van der Waals surface area contributed by atoms with Gasteiger partial charge < -0.3 is 14.6 Å². The summed E-state index contributed by atoms with van der Waals surface area (Å²) in [4.78, 5) is 35.5. The van der Waals surface area contributed by atoms with Gasteiger partial charge in [-0.2, -0.15) is 0 Å². The van der Waals surface area contributed by atoms with Gasteiger partial charge in [0.2, 0.25) is 0 Å². The van der Waals surface area contributed by atoms with Gasteiger partial charge in [-0.15, -0.1) is 0 Å². The second kappa shape index (κ2) is 6.43. The molecule has 116 valence electrons. The van der Waals surface area contributed by atoms with Gasteiger partial charge in [0, 0.05) is 12.5 Å². The zero-order valence-corrected chi connectivity index (χ0v) is 12.3. The lowest BCUT2D eigenvalue weighted by Gasteiger charge is -2.17. The molecule has 2 rings (SSSR count). The summed E-state index contributed by atoms with van der Waals surface area (Å²) in [5.74, 6) is -2.90. The van der Waals surface area contributed by atoms with Crippen molar-refractivity contribution in [2.24, 2.45) is 5.92 Å². The monoisotopic (exact) mass is 304 g/mol. The number of para-hydroxylation sites is 1. The van der Waals surface area contributed by atoms with E-state index in [1.807, 2.05) is 0 Å². The molecule has 1 aromatic rings. The van der Waals surface area contributed by atoms with Crippen LogP contribution in [-0.2, 0) is 25.5 Å². The zero-order chi connectivity index (χ0) is 16.3. The number of esters is 1. The molecule has 0 bridgehead atoms. The fourth-order valence-electron chi connectivity index (χ4n) is 2.27. The summed E-state index contributed by atoms with van der Waals surface area (Å²) in [5.41, 5.74) is 0.510. The fraction of sp³-hybridized carbons (Fsp3) is 0.312. The molecule has 0 radical (unpaired) electrons. The molecule has 0 amide bonds. The number of ketones is 2. The van der Waals surface area contributed by atoms with Crippen LogP contribution in [0.25, 0.3) is 0 Å². The predicted octanol–water partition coefficient (Wildman–Crippen LogP) is 1.55. The number of phenolic OH excluding ortho intramolecular Hbond substituents is 1. The molecule has 22 heavy (non-hydrogen) atoms. The maximum atomic E-state index is 12.1. The normalized spacial score (nSPS) is 17.7. The number of carbonyl (C=O) groups is 3. The van der Waals surface area contributed by atoms with Crippen molar-refractivity contribution < 1.29 is 29.0 Å². The first-order valence-corrected chi connectivity index (χ1v) is 6.75. The summed E-state index contributed by atoms with van der Waals surface area (Å²) < 4.78 is 9.80. The number of ether oxygens (including phenoxy) is 2. The van der Waals surface area contributed by atoms with Crippen molar-refractivity contribution >= 4 is 17.5 Å². The van der Waals surface area contributed by atoms with Crippen molar-refractivity contribution in [1.29, 1.82) is 0 Å². The number of methoxy groups -OCH3 is 1. The van der Waals surface area contributed by atoms with Crippen molar-refractivity contribution in [3.63, 3.8) is 0 Å². The summed E-state index contributed by atoms with van der Waals surface area (Å²) in [7, 11) is 1.43. The number of hydrogen-bond donors (Lipinski definition) is 1. The molecule has 1 heterocycles. The fourth-order valence-corrected chi connectivity index (χ4v) is 2.27. The molecule has 0 fully saturated rings. The Morgan fingerprint density at radius 2 is 2.09 bits per heavy atom. The van der Waals surface area contributed by atoms with Crippen LogP contribution in [0.5, 0.6) is 11.5 Å². The Balaban J connectivity index is 2.08. The standard InChI is InChI=1S/C16H16O6/c1-9-8-12(18)14(16(20)22-9)11(17)7-6-10-4-3-5-13(21-2)15(10)19/h3-5,8,14,19H,6-7H2,1-2H3. The van der Waals surface area contributed by atoms with E-state index in [1.54, 1.807) is 18.2 Å². The zero-order valence-electron chi connectivity index (χ0n) is 12.3. The number of benzene rings is 1. The van der Waals surface area contributed by atoms with Gasteiger partial charge in [0.25, 0.3) is 0 Å². The average molecular weight is 304 g/mol. The van der Waals surface area contributed by atoms with Gasteiger partial charge in [0.05, 0.1) is 7.11 Å². The molecule has 0 aliphatic carbocycles. The highest BCUT2D eigenvalue weighted by molar-refractivity contribution is 6.22. The van der Waals surface area contributed by atoms with Crippen molar-refractivity contribution in [2.75, 3.05) is 7.11 Å². The molecule has 6 heteroatoms. The predicted molar refractivity (Wildman–Crippen MR) is 76.3 cm³/mol. The maximum Gasteiger partial charge on any atom is 0.329 e. The van der Waals surface area contributed by atoms with Gasteiger partial charge in [0.1, 0.15) is 5.76 Å². The second-order valence-corrected chi connectivity index (χ2v) is 4.95. The van der Waals surface area contributed by atoms with Crippen LogP contribution in [0.3, 0.4) is 0 Å². The first-order valence-electron chi connectivity index (χ1n) is 6.75. The molecule has 0 saturated heterocycles. The Hall–Kier alpha value is -2.63. The lowest BCUT2D eigenvalue weighted by Crippen LogP contribution is -2.35. The lowest BCUT2D eigenvalue weighted by atomic mass is 9.92. The van der Waals surface area contributed by atoms with Gasteiger partial charge in [-0.25, -0.2) is 0 Å². The minimum Gasteiger partial charge on any atom is -0.504 e. The van der Waals surface area contributed by atoms with Crippen molar-refractivity contribution in [3.8, 4) is 11.5 Å². The smallest absolute Gasteiger partial charge is 0.329 e. The van der Waals surface area contributed by atoms with E-state index in [1.165, 1.54) is 14.0 Å². The highest BCUT2D eigenvalue weighted by Crippen LogP contribution is 2.30. The second-order valence-electron chi connectivity index (χ2n) is 4.95. The van der Waals surface area contributed by atoms with Crippen LogP contribution in [0.4, 0.5) is 0 Å². The SMILES string of the molecule is COc1cccc(CCC(=O)C2C(=O)C=C(C)OC2=O)c1O. The van der Waals surface area contributed by atoms with Crippen molar-refractivity contribution in [1.82, 2.24) is 0 Å². The summed E-state index contributed by atoms with van der Waals surface area (Å²) >= 11 is 0. The Morgan fingerprint density at radius 3 is 2.73 bits per heavy atom. The summed E-state index contributed by atoms with van der Waals surface area (Å²) in [5, 5.41) is 9.95. The third-order valence-corrected chi connectivity index (χ3v) is 3.39. The van der Waals surface area contributed by atoms with Crippen LogP contribution in [-0.4, -0.2) is 29.8 Å². The number of Topliss-reactive ketones (excluding diaryl/α,β-unsaturated/α-hetero) is 1. The Kier molecular flexibility index (Phi) is 4.60. The van der Waals surface area contributed by atoms with E-state index in [0.717, 1.165) is 6.08 Å². The van der Waals surface area contributed by atoms with E-state index in [4.69, 9.17) is 9.47 Å². The van der Waals surface area contributed by atoms with Gasteiger partial charge in [-0.05, 0) is 25.0 Å². The molecule has 1 aliphatic rings. The molecule has 1 atom stereocenters. The highest BCUT2D eigenvalue weighted by Gasteiger charge is 2.37. The van der Waals surface area contributed by atoms with Crippen LogP contribution >= 0.6 is 0 Å². The first kappa shape index (κ1) is 15.8. The third-order valence-electron chi connectivity index (χ3n) is 3.39. The van der Waals surface area contributed by atoms with Crippen LogP contribution in [0.2, 0.25) is 0 Å². The van der Waals surface area contributed by atoms with E-state index >= 15 is 0 Å². The molecular weight excluding hydrogens is 288 g/mol. The topological polar surface area (TPSA) is 89.9 Å². The first-order chi connectivity index (χ1) is 10.4. The molecule has 1 aliphatic heterocycles. The molecule has 0 spiro atoms. The number of aromatic hydroxyl groups is 1. The Labute approximate surface area is 127 Å². The lowest BCUT2D eigenvalue weighted by molar-refractivity contribution is -0.152. The summed E-state index contributed by atoms with van der Waals surface area (Å²) in [6, 6.07) is 4.93. The molecule has 1 aromatic carbocycles. The number of phenols is 1. The minimum atomic E-state index is -1.41. The largest absolute Gasteiger partial charge is 0.504 e. The number of aryl methyl sites for hydroxylation is 1. The van der Waals surface area contributed by atoms with E-state index in [0.29, 0.717) is 11.3 Å². The molecular formula is C16H16O6. The third kappa shape index (κ3) is 3.16. The van der Waals surface area contributed by atoms with Crippen LogP contribution in [0, 0.1) is 5.92 Å². The highest BCUT2D eigenvalue weighted by atomic mass is 16.5. The van der Waals surface area contributed by atoms with Gasteiger partial charge in [-0.1, -0.05) is 12.1 Å². The Morgan fingerprint density at radius 1 is 1.36 bits per heavy atom. The van der Waals surface area contributed by atoms with Gasteiger partial charge in [0.15, 0.2) is 29.0 Å². The number of carbonyl (C=O) groups excluding carboxylic acids is 3. The number of hydrogen-bond acceptors (Lipinski definition) is 6. The Bertz CT molecular complexity index is 659. The summed E-state index contributed by atoms with van der Waals surface area (Å²) in [6.45, 7) is 1.48. The number of rotatable bonds is 5. The number of allylic oxidation sites excluding steroid dienone is 2. The van der Waals surface area contributed by atoms with Crippen LogP contribution in [0.1, 0.15) is 18.9 Å². The molecule has 0 aromatic heterocycles. The van der Waals surface area contributed by atoms with E-state index in [9.17, 15) is 19.5 Å². The van der Waals surface area contributed by atoms with Gasteiger partial charge in [-0.3, -0.25) is 14.4 Å². The van der Waals surface area contributed by atoms with E-state index in [-0.39, 0.29) is 24.4 Å².